The van der Waals surface area contributed by atoms with Gasteiger partial charge in [0.15, 0.2) is 17.3 Å². The van der Waals surface area contributed by atoms with Gasteiger partial charge < -0.3 is 14.6 Å². The molecule has 0 amide bonds. The second-order valence-corrected chi connectivity index (χ2v) is 8.99. The van der Waals surface area contributed by atoms with Gasteiger partial charge in [0.1, 0.15) is 5.69 Å². The van der Waals surface area contributed by atoms with Crippen molar-refractivity contribution in [2.75, 3.05) is 14.2 Å². The highest BCUT2D eigenvalue weighted by Gasteiger charge is 2.16. The molecular formula is C31H25ClN4O4. The van der Waals surface area contributed by atoms with Crippen LogP contribution in [0.4, 0.5) is 0 Å². The predicted molar refractivity (Wildman–Crippen MR) is 158 cm³/mol. The molecule has 0 atom stereocenters. The molecule has 0 aliphatic heterocycles. The van der Waals surface area contributed by atoms with Crippen LogP contribution in [-0.2, 0) is 6.61 Å². The second kappa shape index (κ2) is 11.1. The second-order valence-electron chi connectivity index (χ2n) is 8.99. The Morgan fingerprint density at radius 1 is 0.825 bits per heavy atom. The van der Waals surface area contributed by atoms with Crippen molar-refractivity contribution in [3.05, 3.63) is 107 Å². The third-order valence-electron chi connectivity index (χ3n) is 6.71. The molecule has 3 heterocycles. The first-order chi connectivity index (χ1) is 19.1. The van der Waals surface area contributed by atoms with E-state index in [4.69, 9.17) is 14.6 Å². The van der Waals surface area contributed by atoms with Crippen LogP contribution < -0.4 is 15.0 Å². The summed E-state index contributed by atoms with van der Waals surface area (Å²) < 4.78 is 12.4. The number of hydrogen-bond donors (Lipinski definition) is 1. The number of aliphatic hydroxyl groups excluding tert-OH is 1. The van der Waals surface area contributed by atoms with Crippen LogP contribution in [0.1, 0.15) is 5.56 Å². The smallest absolute Gasteiger partial charge is 0.280 e. The zero-order valence-corrected chi connectivity index (χ0v) is 22.6. The number of rotatable bonds is 6. The van der Waals surface area contributed by atoms with Gasteiger partial charge in [-0.15, -0.1) is 12.4 Å². The first-order valence-electron chi connectivity index (χ1n) is 12.3. The molecule has 6 rings (SSSR count). The van der Waals surface area contributed by atoms with Gasteiger partial charge in [-0.3, -0.25) is 9.78 Å². The SMILES string of the molecule is COc1cc2cc(CO)cc(-c3ccnc(-n4nc(-c5cccnc5)c5ccccc5c4=O)c3)c2cc1OC.Cl. The summed E-state index contributed by atoms with van der Waals surface area (Å²) in [5, 5.41) is 17.8. The summed E-state index contributed by atoms with van der Waals surface area (Å²) in [4.78, 5) is 22.4. The highest BCUT2D eigenvalue weighted by atomic mass is 35.5. The quantitative estimate of drug-likeness (QED) is 0.287. The third-order valence-corrected chi connectivity index (χ3v) is 6.71. The average molecular weight is 553 g/mol. The standard InChI is InChI=1S/C31H24N4O4.ClH/c1-38-27-14-22-12-19(18-36)13-25(26(22)16-28(27)39-2)20-9-11-33-29(15-20)35-31(37)24-8-4-3-7-23(24)30(34-35)21-6-5-10-32-17-21;/h3-17,36H,18H2,1-2H3;1H. The molecule has 0 aliphatic carbocycles. The Balaban J connectivity index is 0.00000323. The van der Waals surface area contributed by atoms with Crippen molar-refractivity contribution in [2.45, 2.75) is 6.61 Å². The lowest BCUT2D eigenvalue weighted by Gasteiger charge is -2.15. The molecule has 3 aromatic carbocycles. The van der Waals surface area contributed by atoms with Crippen molar-refractivity contribution in [2.24, 2.45) is 0 Å². The summed E-state index contributed by atoms with van der Waals surface area (Å²) in [5.74, 6) is 1.55. The van der Waals surface area contributed by atoms with Gasteiger partial charge in [-0.2, -0.15) is 9.78 Å². The van der Waals surface area contributed by atoms with E-state index < -0.39 is 0 Å². The van der Waals surface area contributed by atoms with Crippen LogP contribution in [0.2, 0.25) is 0 Å². The maximum Gasteiger partial charge on any atom is 0.280 e. The Morgan fingerprint density at radius 3 is 2.33 bits per heavy atom. The highest BCUT2D eigenvalue weighted by molar-refractivity contribution is 5.99. The average Bonchev–Trinajstić information content (AvgIpc) is 3.00. The van der Waals surface area contributed by atoms with Crippen LogP contribution in [0.3, 0.4) is 0 Å². The highest BCUT2D eigenvalue weighted by Crippen LogP contribution is 2.38. The third kappa shape index (κ3) is 4.64. The minimum absolute atomic E-state index is 0. The molecule has 9 heteroatoms. The Kier molecular flexibility index (Phi) is 7.46. The topological polar surface area (TPSA) is 99.4 Å². The fourth-order valence-electron chi connectivity index (χ4n) is 4.84. The molecule has 0 spiro atoms. The van der Waals surface area contributed by atoms with Crippen LogP contribution in [0, 0.1) is 0 Å². The Hall–Kier alpha value is -4.79. The number of halogens is 1. The lowest BCUT2D eigenvalue weighted by atomic mass is 9.95. The van der Waals surface area contributed by atoms with Crippen LogP contribution in [0.15, 0.2) is 96.2 Å². The minimum Gasteiger partial charge on any atom is -0.493 e. The van der Waals surface area contributed by atoms with Gasteiger partial charge in [-0.25, -0.2) is 4.98 Å². The van der Waals surface area contributed by atoms with E-state index in [1.165, 1.54) is 4.68 Å². The number of aromatic nitrogens is 4. The largest absolute Gasteiger partial charge is 0.493 e. The summed E-state index contributed by atoms with van der Waals surface area (Å²) >= 11 is 0. The first kappa shape index (κ1) is 26.8. The molecule has 3 aromatic heterocycles. The van der Waals surface area contributed by atoms with Gasteiger partial charge in [-0.1, -0.05) is 18.2 Å². The number of methoxy groups -OCH3 is 2. The molecule has 0 radical (unpaired) electrons. The molecule has 200 valence electrons. The predicted octanol–water partition coefficient (Wildman–Crippen LogP) is 5.59. The molecular weight excluding hydrogens is 528 g/mol. The number of aliphatic hydroxyl groups is 1. The first-order valence-corrected chi connectivity index (χ1v) is 12.3. The zero-order chi connectivity index (χ0) is 26.9. The van der Waals surface area contributed by atoms with Crippen molar-refractivity contribution in [1.82, 2.24) is 19.7 Å². The molecule has 0 aliphatic rings. The summed E-state index contributed by atoms with van der Waals surface area (Å²) in [6.07, 6.45) is 5.07. The lowest BCUT2D eigenvalue weighted by molar-refractivity contribution is 0.282. The maximum atomic E-state index is 13.6. The molecule has 6 aromatic rings. The van der Waals surface area contributed by atoms with Crippen LogP contribution in [0.5, 0.6) is 11.5 Å². The van der Waals surface area contributed by atoms with Gasteiger partial charge >= 0.3 is 0 Å². The molecule has 1 N–H and O–H groups in total. The van der Waals surface area contributed by atoms with Gasteiger partial charge in [-0.05, 0) is 82.1 Å². The van der Waals surface area contributed by atoms with Crippen LogP contribution in [0.25, 0.3) is 49.7 Å². The van der Waals surface area contributed by atoms with E-state index in [9.17, 15) is 9.90 Å². The van der Waals surface area contributed by atoms with Gasteiger partial charge in [0.05, 0.1) is 26.2 Å². The molecule has 0 unspecified atom stereocenters. The summed E-state index contributed by atoms with van der Waals surface area (Å²) in [5.41, 5.74) is 3.54. The Labute approximate surface area is 235 Å². The van der Waals surface area contributed by atoms with E-state index in [2.05, 4.69) is 9.97 Å². The zero-order valence-electron chi connectivity index (χ0n) is 21.7. The van der Waals surface area contributed by atoms with E-state index in [-0.39, 0.29) is 24.6 Å². The van der Waals surface area contributed by atoms with Crippen molar-refractivity contribution in [3.8, 4) is 39.7 Å². The van der Waals surface area contributed by atoms with E-state index in [1.807, 2.05) is 66.7 Å². The van der Waals surface area contributed by atoms with E-state index in [0.717, 1.165) is 38.4 Å². The van der Waals surface area contributed by atoms with Crippen molar-refractivity contribution < 1.29 is 14.6 Å². The molecule has 0 saturated carbocycles. The fourth-order valence-corrected chi connectivity index (χ4v) is 4.84. The Bertz CT molecular complexity index is 1910. The van der Waals surface area contributed by atoms with E-state index in [1.54, 1.807) is 38.9 Å². The van der Waals surface area contributed by atoms with Gasteiger partial charge in [0.25, 0.3) is 5.56 Å². The number of pyridine rings is 2. The van der Waals surface area contributed by atoms with Crippen LogP contribution >= 0.6 is 12.4 Å². The molecule has 0 bridgehead atoms. The number of ether oxygens (including phenoxy) is 2. The molecule has 40 heavy (non-hydrogen) atoms. The summed E-state index contributed by atoms with van der Waals surface area (Å²) in [6, 6.07) is 22.5. The van der Waals surface area contributed by atoms with E-state index >= 15 is 0 Å². The van der Waals surface area contributed by atoms with Gasteiger partial charge in [0.2, 0.25) is 0 Å². The summed E-state index contributed by atoms with van der Waals surface area (Å²) in [6.45, 7) is -0.130. The summed E-state index contributed by atoms with van der Waals surface area (Å²) in [7, 11) is 3.18. The number of hydrogen-bond acceptors (Lipinski definition) is 7. The van der Waals surface area contributed by atoms with Crippen molar-refractivity contribution in [1.29, 1.82) is 0 Å². The molecule has 0 saturated heterocycles. The maximum absolute atomic E-state index is 13.6. The van der Waals surface area contributed by atoms with Crippen molar-refractivity contribution in [3.63, 3.8) is 0 Å². The monoisotopic (exact) mass is 552 g/mol. The van der Waals surface area contributed by atoms with Crippen molar-refractivity contribution >= 4 is 34.0 Å². The van der Waals surface area contributed by atoms with Gasteiger partial charge in [0, 0.05) is 29.5 Å². The normalized spacial score (nSPS) is 10.9. The minimum atomic E-state index is -0.275. The lowest BCUT2D eigenvalue weighted by Crippen LogP contribution is -2.23. The molecule has 8 nitrogen and oxygen atoms in total. The number of nitrogens with zero attached hydrogens (tertiary/aromatic N) is 4. The number of benzene rings is 3. The Morgan fingerprint density at radius 2 is 1.60 bits per heavy atom. The van der Waals surface area contributed by atoms with Crippen LogP contribution in [-0.4, -0.2) is 39.1 Å². The molecule has 0 fully saturated rings. The van der Waals surface area contributed by atoms with E-state index in [0.29, 0.717) is 28.4 Å². The fraction of sp³-hybridized carbons (Fsp3) is 0.0968. The number of fused-ring (bicyclic) bond motifs is 2.